The van der Waals surface area contributed by atoms with Gasteiger partial charge in [-0.1, -0.05) is 24.3 Å². The van der Waals surface area contributed by atoms with Crippen LogP contribution in [0.25, 0.3) is 10.9 Å². The molecule has 1 N–H and O–H groups in total. The van der Waals surface area contributed by atoms with E-state index in [0.717, 1.165) is 10.9 Å². The highest BCUT2D eigenvalue weighted by Crippen LogP contribution is 2.30. The van der Waals surface area contributed by atoms with Crippen molar-refractivity contribution in [1.82, 2.24) is 30.1 Å². The summed E-state index contributed by atoms with van der Waals surface area (Å²) in [5, 5.41) is 13.3. The highest BCUT2D eigenvalue weighted by atomic mass is 19.1. The number of para-hydroxylation sites is 1. The zero-order valence-corrected chi connectivity index (χ0v) is 21.8. The van der Waals surface area contributed by atoms with Gasteiger partial charge < -0.3 is 14.6 Å². The van der Waals surface area contributed by atoms with E-state index in [0.29, 0.717) is 61.1 Å². The van der Waals surface area contributed by atoms with Gasteiger partial charge in [0, 0.05) is 42.6 Å². The van der Waals surface area contributed by atoms with Gasteiger partial charge in [-0.05, 0) is 64.5 Å². The van der Waals surface area contributed by atoms with E-state index in [9.17, 15) is 13.6 Å². The molecule has 0 unspecified atom stereocenters. The molecule has 3 aromatic carbocycles. The Morgan fingerprint density at radius 3 is 2.50 bits per heavy atom. The topological polar surface area (TPSA) is 92.2 Å². The summed E-state index contributed by atoms with van der Waals surface area (Å²) in [6.45, 7) is 2.48. The molecule has 0 saturated carbocycles. The Morgan fingerprint density at radius 2 is 1.75 bits per heavy atom. The van der Waals surface area contributed by atoms with Gasteiger partial charge in [0.25, 0.3) is 5.56 Å². The summed E-state index contributed by atoms with van der Waals surface area (Å²) in [4.78, 5) is 20.6. The van der Waals surface area contributed by atoms with Crippen LogP contribution in [0.3, 0.4) is 0 Å². The third-order valence-corrected chi connectivity index (χ3v) is 7.30. The molecule has 0 radical (unpaired) electrons. The number of piperazine rings is 1. The second-order valence-electron chi connectivity index (χ2n) is 9.71. The average Bonchev–Trinajstić information content (AvgIpc) is 3.42. The summed E-state index contributed by atoms with van der Waals surface area (Å²) in [6.07, 6.45) is 0. The maximum absolute atomic E-state index is 14.5. The monoisotopic (exact) mass is 543 g/mol. The number of tetrazole rings is 1. The molecule has 0 aliphatic carbocycles. The van der Waals surface area contributed by atoms with Crippen LogP contribution in [0.5, 0.6) is 5.75 Å². The number of nitrogens with one attached hydrogen (secondary N) is 1. The minimum absolute atomic E-state index is 0.254. The van der Waals surface area contributed by atoms with E-state index in [-0.39, 0.29) is 17.2 Å². The van der Waals surface area contributed by atoms with Gasteiger partial charge >= 0.3 is 0 Å². The lowest BCUT2D eigenvalue weighted by atomic mass is 10.0. The molecular formula is C29H27F2N7O2. The number of hydrogen-bond donors (Lipinski definition) is 1. The lowest BCUT2D eigenvalue weighted by Gasteiger charge is -2.39. The number of rotatable bonds is 7. The Balaban J connectivity index is 1.39. The summed E-state index contributed by atoms with van der Waals surface area (Å²) < 4.78 is 35.0. The first-order valence-corrected chi connectivity index (χ1v) is 12.9. The van der Waals surface area contributed by atoms with E-state index in [4.69, 9.17) is 4.74 Å². The van der Waals surface area contributed by atoms with E-state index < -0.39 is 6.04 Å². The van der Waals surface area contributed by atoms with E-state index >= 15 is 0 Å². The molecule has 0 amide bonds. The van der Waals surface area contributed by atoms with E-state index in [1.165, 1.54) is 18.2 Å². The number of halogens is 2. The quantitative estimate of drug-likeness (QED) is 0.334. The number of aromatic amines is 1. The van der Waals surface area contributed by atoms with Crippen LogP contribution < -0.4 is 15.2 Å². The summed E-state index contributed by atoms with van der Waals surface area (Å²) >= 11 is 0. The molecule has 0 bridgehead atoms. The Bertz CT molecular complexity index is 1700. The Hall–Kier alpha value is -4.64. The minimum atomic E-state index is -0.586. The van der Waals surface area contributed by atoms with Crippen molar-refractivity contribution in [2.24, 2.45) is 0 Å². The van der Waals surface area contributed by atoms with Crippen molar-refractivity contribution in [3.63, 3.8) is 0 Å². The molecule has 3 heterocycles. The van der Waals surface area contributed by atoms with Crippen molar-refractivity contribution in [3.05, 3.63) is 112 Å². The molecule has 2 aromatic heterocycles. The fourth-order valence-corrected chi connectivity index (χ4v) is 5.24. The number of benzene rings is 3. The van der Waals surface area contributed by atoms with Gasteiger partial charge in [-0.3, -0.25) is 9.69 Å². The van der Waals surface area contributed by atoms with Gasteiger partial charge in [0.1, 0.15) is 23.4 Å². The highest BCUT2D eigenvalue weighted by Gasteiger charge is 2.33. The van der Waals surface area contributed by atoms with Crippen molar-refractivity contribution < 1.29 is 13.5 Å². The lowest BCUT2D eigenvalue weighted by molar-refractivity contribution is 0.200. The van der Waals surface area contributed by atoms with Crippen LogP contribution in [0, 0.1) is 11.6 Å². The van der Waals surface area contributed by atoms with Crippen molar-refractivity contribution in [2.75, 3.05) is 38.2 Å². The van der Waals surface area contributed by atoms with Gasteiger partial charge in [-0.2, -0.15) is 0 Å². The largest absolute Gasteiger partial charge is 0.497 e. The lowest BCUT2D eigenvalue weighted by Crippen LogP contribution is -2.49. The maximum atomic E-state index is 14.5. The van der Waals surface area contributed by atoms with Crippen LogP contribution in [-0.4, -0.2) is 63.4 Å². The number of anilines is 1. The third-order valence-electron chi connectivity index (χ3n) is 7.30. The maximum Gasteiger partial charge on any atom is 0.253 e. The van der Waals surface area contributed by atoms with Crippen molar-refractivity contribution in [2.45, 2.75) is 12.6 Å². The molecule has 1 atom stereocenters. The number of aromatic nitrogens is 5. The molecule has 9 nitrogen and oxygen atoms in total. The number of fused-ring (bicyclic) bond motifs is 1. The summed E-state index contributed by atoms with van der Waals surface area (Å²) in [5.41, 5.74) is 2.28. The van der Waals surface area contributed by atoms with Crippen molar-refractivity contribution >= 4 is 16.6 Å². The van der Waals surface area contributed by atoms with Crippen LogP contribution >= 0.6 is 0 Å². The standard InChI is InChI=1S/C29H27F2N7O2/c1-40-22-10-11-25-20(16-22)17-23(29(39)32-25)27(28-33-34-35-38(28)18-19-6-8-21(30)9-7-19)37-14-12-36(13-15-37)26-5-3-2-4-24(26)31/h2-11,16-17,27H,12-15,18H2,1H3,(H,32,39)/t27-/m0/s1. The molecule has 11 heteroatoms. The first kappa shape index (κ1) is 25.6. The Morgan fingerprint density at radius 1 is 0.975 bits per heavy atom. The molecular weight excluding hydrogens is 516 g/mol. The van der Waals surface area contributed by atoms with Gasteiger partial charge in [-0.25, -0.2) is 13.5 Å². The predicted molar refractivity (Wildman–Crippen MR) is 146 cm³/mol. The van der Waals surface area contributed by atoms with Gasteiger partial charge in [0.2, 0.25) is 0 Å². The molecule has 204 valence electrons. The molecule has 1 fully saturated rings. The van der Waals surface area contributed by atoms with E-state index in [1.54, 1.807) is 48.2 Å². The first-order chi connectivity index (χ1) is 19.5. The van der Waals surface area contributed by atoms with Crippen LogP contribution in [0.4, 0.5) is 14.5 Å². The van der Waals surface area contributed by atoms with Gasteiger partial charge in [-0.15, -0.1) is 5.10 Å². The van der Waals surface area contributed by atoms with Crippen LogP contribution in [0.15, 0.2) is 77.6 Å². The number of nitrogens with zero attached hydrogens (tertiary/aromatic N) is 6. The molecule has 5 aromatic rings. The highest BCUT2D eigenvalue weighted by molar-refractivity contribution is 5.80. The Kier molecular flexibility index (Phi) is 6.95. The zero-order chi connectivity index (χ0) is 27.6. The first-order valence-electron chi connectivity index (χ1n) is 12.9. The number of methoxy groups -OCH3 is 1. The average molecular weight is 544 g/mol. The van der Waals surface area contributed by atoms with E-state index in [2.05, 4.69) is 25.4 Å². The van der Waals surface area contributed by atoms with Crippen LogP contribution in [-0.2, 0) is 6.54 Å². The van der Waals surface area contributed by atoms with Crippen LogP contribution in [0.2, 0.25) is 0 Å². The van der Waals surface area contributed by atoms with Gasteiger partial charge in [0.15, 0.2) is 5.82 Å². The SMILES string of the molecule is COc1ccc2[nH]c(=O)c([C@@H](c3nnnn3Cc3ccc(F)cc3)N3CCN(c4ccccc4F)CC3)cc2c1. The summed E-state index contributed by atoms with van der Waals surface area (Å²) in [5.74, 6) is 0.554. The van der Waals surface area contributed by atoms with Crippen molar-refractivity contribution in [1.29, 1.82) is 0 Å². The number of H-pyrrole nitrogens is 1. The van der Waals surface area contributed by atoms with Crippen molar-refractivity contribution in [3.8, 4) is 5.75 Å². The fourth-order valence-electron chi connectivity index (χ4n) is 5.24. The second kappa shape index (κ2) is 10.9. The fraction of sp³-hybridized carbons (Fsp3) is 0.241. The molecule has 0 spiro atoms. The minimum Gasteiger partial charge on any atom is -0.497 e. The zero-order valence-electron chi connectivity index (χ0n) is 21.8. The molecule has 1 aliphatic rings. The summed E-state index contributed by atoms with van der Waals surface area (Å²) in [6, 6.07) is 19.6. The number of ether oxygens (including phenoxy) is 1. The molecule has 1 saturated heterocycles. The third kappa shape index (κ3) is 5.03. The molecule has 1 aliphatic heterocycles. The number of hydrogen-bond acceptors (Lipinski definition) is 7. The Labute approximate surface area is 228 Å². The molecule has 6 rings (SSSR count). The summed E-state index contributed by atoms with van der Waals surface area (Å²) in [7, 11) is 1.59. The predicted octanol–water partition coefficient (Wildman–Crippen LogP) is 3.76. The van der Waals surface area contributed by atoms with Crippen LogP contribution in [0.1, 0.15) is 23.0 Å². The number of pyridine rings is 1. The van der Waals surface area contributed by atoms with Gasteiger partial charge in [0.05, 0.1) is 19.3 Å². The normalized spacial score (nSPS) is 14.9. The smallest absolute Gasteiger partial charge is 0.253 e. The second-order valence-corrected chi connectivity index (χ2v) is 9.71. The molecule has 40 heavy (non-hydrogen) atoms. The van der Waals surface area contributed by atoms with E-state index in [1.807, 2.05) is 23.1 Å².